The van der Waals surface area contributed by atoms with E-state index in [1.807, 2.05) is 24.3 Å². The van der Waals surface area contributed by atoms with E-state index in [1.165, 1.54) is 6.92 Å². The molecule has 1 aromatic heterocycles. The molecule has 0 saturated carbocycles. The number of carbonyl (C=O) groups excluding carboxylic acids is 2. The summed E-state index contributed by atoms with van der Waals surface area (Å²) in [4.78, 5) is 24.4. The fraction of sp³-hybridized carbons (Fsp3) is 0.286. The number of para-hydroxylation sites is 1. The minimum atomic E-state index is -0.944. The maximum atomic E-state index is 12.3. The number of benzene rings is 2. The zero-order valence-electron chi connectivity index (χ0n) is 16.4. The molecule has 1 N–H and O–H groups in total. The van der Waals surface area contributed by atoms with Crippen molar-refractivity contribution < 1.29 is 28.3 Å². The van der Waals surface area contributed by atoms with E-state index in [1.54, 1.807) is 32.4 Å². The molecule has 0 aliphatic rings. The van der Waals surface area contributed by atoms with Crippen molar-refractivity contribution in [1.82, 2.24) is 10.5 Å². The Labute approximate surface area is 167 Å². The molecule has 1 atom stereocenters. The van der Waals surface area contributed by atoms with Crippen molar-refractivity contribution in [1.29, 1.82) is 0 Å². The lowest BCUT2D eigenvalue weighted by Gasteiger charge is -2.14. The third-order valence-electron chi connectivity index (χ3n) is 4.36. The predicted octanol–water partition coefficient (Wildman–Crippen LogP) is 2.64. The van der Waals surface area contributed by atoms with Crippen LogP contribution < -0.4 is 14.8 Å². The van der Waals surface area contributed by atoms with Crippen LogP contribution in [0.2, 0.25) is 0 Å². The summed E-state index contributed by atoms with van der Waals surface area (Å²) in [5.74, 6) is 0.208. The van der Waals surface area contributed by atoms with Gasteiger partial charge in [0.15, 0.2) is 23.2 Å². The summed E-state index contributed by atoms with van der Waals surface area (Å²) >= 11 is 0. The van der Waals surface area contributed by atoms with Gasteiger partial charge in [0, 0.05) is 11.9 Å². The predicted molar refractivity (Wildman–Crippen MR) is 105 cm³/mol. The van der Waals surface area contributed by atoms with Crippen LogP contribution in [-0.4, -0.2) is 37.4 Å². The number of methoxy groups -OCH3 is 2. The van der Waals surface area contributed by atoms with Crippen LogP contribution in [0, 0.1) is 0 Å². The highest BCUT2D eigenvalue weighted by Crippen LogP contribution is 2.27. The van der Waals surface area contributed by atoms with Crippen LogP contribution in [0.15, 0.2) is 47.0 Å². The molecule has 3 aromatic rings. The van der Waals surface area contributed by atoms with E-state index in [-0.39, 0.29) is 13.0 Å². The summed E-state index contributed by atoms with van der Waals surface area (Å²) in [5, 5.41) is 7.38. The zero-order valence-corrected chi connectivity index (χ0v) is 16.4. The average Bonchev–Trinajstić information content (AvgIpc) is 3.14. The van der Waals surface area contributed by atoms with E-state index in [2.05, 4.69) is 10.5 Å². The van der Waals surface area contributed by atoms with Gasteiger partial charge in [-0.1, -0.05) is 23.4 Å². The van der Waals surface area contributed by atoms with E-state index in [9.17, 15) is 9.59 Å². The number of rotatable bonds is 8. The number of esters is 1. The third kappa shape index (κ3) is 4.84. The zero-order chi connectivity index (χ0) is 20.8. The molecule has 0 aliphatic heterocycles. The Bertz CT molecular complexity index is 1010. The number of carbonyl (C=O) groups is 2. The van der Waals surface area contributed by atoms with E-state index >= 15 is 0 Å². The normalized spacial score (nSPS) is 11.7. The first-order chi connectivity index (χ1) is 14.0. The highest BCUT2D eigenvalue weighted by molar-refractivity contribution is 5.86. The van der Waals surface area contributed by atoms with Crippen molar-refractivity contribution in [2.75, 3.05) is 14.2 Å². The van der Waals surface area contributed by atoms with Crippen molar-refractivity contribution in [3.8, 4) is 11.5 Å². The van der Waals surface area contributed by atoms with Crippen LogP contribution in [0.25, 0.3) is 11.0 Å². The van der Waals surface area contributed by atoms with Gasteiger partial charge in [-0.05, 0) is 36.8 Å². The summed E-state index contributed by atoms with van der Waals surface area (Å²) in [6.07, 6.45) is -1.02. The molecule has 0 saturated heterocycles. The van der Waals surface area contributed by atoms with Gasteiger partial charge in [-0.3, -0.25) is 9.59 Å². The summed E-state index contributed by atoms with van der Waals surface area (Å²) in [5.41, 5.74) is 1.89. The second kappa shape index (κ2) is 9.09. The first-order valence-corrected chi connectivity index (χ1v) is 9.03. The molecule has 1 heterocycles. The molecule has 0 fully saturated rings. The Morgan fingerprint density at radius 1 is 1.10 bits per heavy atom. The minimum absolute atomic E-state index is 0.0791. The third-order valence-corrected chi connectivity index (χ3v) is 4.36. The molecule has 1 amide bonds. The SMILES string of the molecule is COc1ccc(CNC(=O)[C@H](C)OC(=O)Cc2noc3ccccc23)cc1OC. The second-order valence-corrected chi connectivity index (χ2v) is 6.34. The first-order valence-electron chi connectivity index (χ1n) is 9.03. The van der Waals surface area contributed by atoms with Gasteiger partial charge in [-0.15, -0.1) is 0 Å². The van der Waals surface area contributed by atoms with Gasteiger partial charge in [0.2, 0.25) is 0 Å². The van der Waals surface area contributed by atoms with Crippen LogP contribution in [0.3, 0.4) is 0 Å². The molecule has 0 aliphatic carbocycles. The number of aromatic nitrogens is 1. The molecule has 8 heteroatoms. The molecule has 0 spiro atoms. The summed E-state index contributed by atoms with van der Waals surface area (Å²) in [6.45, 7) is 1.78. The topological polar surface area (TPSA) is 99.9 Å². The quantitative estimate of drug-likeness (QED) is 0.582. The average molecular weight is 398 g/mol. The van der Waals surface area contributed by atoms with Gasteiger partial charge < -0.3 is 24.1 Å². The Morgan fingerprint density at radius 2 is 1.86 bits per heavy atom. The van der Waals surface area contributed by atoms with Gasteiger partial charge in [-0.25, -0.2) is 0 Å². The number of fused-ring (bicyclic) bond motifs is 1. The van der Waals surface area contributed by atoms with E-state index in [4.69, 9.17) is 18.7 Å². The van der Waals surface area contributed by atoms with Crippen LogP contribution in [0.1, 0.15) is 18.2 Å². The Balaban J connectivity index is 1.53. The largest absolute Gasteiger partial charge is 0.493 e. The number of hydrogen-bond acceptors (Lipinski definition) is 7. The molecule has 8 nitrogen and oxygen atoms in total. The lowest BCUT2D eigenvalue weighted by atomic mass is 10.2. The summed E-state index contributed by atoms with van der Waals surface area (Å²) in [6, 6.07) is 12.6. The molecular formula is C21H22N2O6. The summed E-state index contributed by atoms with van der Waals surface area (Å²) < 4.78 is 20.8. The van der Waals surface area contributed by atoms with Crippen molar-refractivity contribution in [3.05, 3.63) is 53.7 Å². The van der Waals surface area contributed by atoms with Gasteiger partial charge in [0.25, 0.3) is 5.91 Å². The van der Waals surface area contributed by atoms with Crippen molar-refractivity contribution in [2.24, 2.45) is 0 Å². The Hall–Kier alpha value is -3.55. The fourth-order valence-electron chi connectivity index (χ4n) is 2.82. The van der Waals surface area contributed by atoms with Crippen LogP contribution in [0.4, 0.5) is 0 Å². The molecule has 29 heavy (non-hydrogen) atoms. The molecule has 0 unspecified atom stereocenters. The first kappa shape index (κ1) is 20.2. The van der Waals surface area contributed by atoms with Gasteiger partial charge in [0.1, 0.15) is 5.69 Å². The smallest absolute Gasteiger partial charge is 0.312 e. The van der Waals surface area contributed by atoms with Crippen LogP contribution in [-0.2, 0) is 27.3 Å². The van der Waals surface area contributed by atoms with Gasteiger partial charge in [0.05, 0.1) is 20.6 Å². The second-order valence-electron chi connectivity index (χ2n) is 6.34. The van der Waals surface area contributed by atoms with Crippen molar-refractivity contribution >= 4 is 22.8 Å². The number of amides is 1. The summed E-state index contributed by atoms with van der Waals surface area (Å²) in [7, 11) is 3.09. The molecule has 2 aromatic carbocycles. The molecular weight excluding hydrogens is 376 g/mol. The lowest BCUT2D eigenvalue weighted by molar-refractivity contribution is -0.154. The highest BCUT2D eigenvalue weighted by atomic mass is 16.5. The van der Waals surface area contributed by atoms with E-state index in [0.29, 0.717) is 22.8 Å². The lowest BCUT2D eigenvalue weighted by Crippen LogP contribution is -2.35. The maximum absolute atomic E-state index is 12.3. The molecule has 0 bridgehead atoms. The minimum Gasteiger partial charge on any atom is -0.493 e. The molecule has 3 rings (SSSR count). The monoisotopic (exact) mass is 398 g/mol. The number of nitrogens with one attached hydrogen (secondary N) is 1. The molecule has 152 valence electrons. The standard InChI is InChI=1S/C21H22N2O6/c1-13(21(25)22-12-14-8-9-18(26-2)19(10-14)27-3)28-20(24)11-16-15-6-4-5-7-17(15)29-23-16/h4-10,13H,11-12H2,1-3H3,(H,22,25)/t13-/m0/s1. The van der Waals surface area contributed by atoms with Crippen molar-refractivity contribution in [3.63, 3.8) is 0 Å². The van der Waals surface area contributed by atoms with Crippen LogP contribution >= 0.6 is 0 Å². The van der Waals surface area contributed by atoms with Crippen molar-refractivity contribution in [2.45, 2.75) is 26.0 Å². The van der Waals surface area contributed by atoms with Gasteiger partial charge >= 0.3 is 5.97 Å². The Kier molecular flexibility index (Phi) is 6.33. The Morgan fingerprint density at radius 3 is 2.62 bits per heavy atom. The number of ether oxygens (including phenoxy) is 3. The van der Waals surface area contributed by atoms with E-state index in [0.717, 1.165) is 10.9 Å². The fourth-order valence-corrected chi connectivity index (χ4v) is 2.82. The number of hydrogen-bond donors (Lipinski definition) is 1. The molecule has 0 radical (unpaired) electrons. The van der Waals surface area contributed by atoms with E-state index < -0.39 is 18.0 Å². The highest BCUT2D eigenvalue weighted by Gasteiger charge is 2.20. The van der Waals surface area contributed by atoms with Crippen LogP contribution in [0.5, 0.6) is 11.5 Å². The maximum Gasteiger partial charge on any atom is 0.312 e. The number of nitrogens with zero attached hydrogens (tertiary/aromatic N) is 1. The van der Waals surface area contributed by atoms with Gasteiger partial charge in [-0.2, -0.15) is 0 Å².